The number of nitrogens with zero attached hydrogens (tertiary/aromatic N) is 2. The van der Waals surface area contributed by atoms with Crippen LogP contribution in [-0.2, 0) is 13.5 Å². The number of furan rings is 1. The van der Waals surface area contributed by atoms with E-state index in [2.05, 4.69) is 89.7 Å². The fraction of sp³-hybridized carbons (Fsp3) is 0.385. The Morgan fingerprint density at radius 3 is 2.38 bits per heavy atom. The van der Waals surface area contributed by atoms with E-state index in [-0.39, 0.29) is 0 Å². The second-order valence-electron chi connectivity index (χ2n) is 9.06. The van der Waals surface area contributed by atoms with Crippen molar-refractivity contribution in [3.05, 3.63) is 58.9 Å². The van der Waals surface area contributed by atoms with Crippen LogP contribution in [0, 0.1) is 19.8 Å². The fourth-order valence-corrected chi connectivity index (χ4v) is 4.21. The molecule has 4 rings (SSSR count). The highest BCUT2D eigenvalue weighted by molar-refractivity contribution is 6.08. The molecule has 0 spiro atoms. The van der Waals surface area contributed by atoms with Crippen molar-refractivity contribution in [1.82, 2.24) is 4.98 Å². The average Bonchev–Trinajstić information content (AvgIpc) is 3.01. The van der Waals surface area contributed by atoms with Gasteiger partial charge in [-0.25, -0.2) is 9.55 Å². The smallest absolute Gasteiger partial charge is 0.227 e. The van der Waals surface area contributed by atoms with Gasteiger partial charge >= 0.3 is 0 Å². The third-order valence-corrected chi connectivity index (χ3v) is 5.80. The van der Waals surface area contributed by atoms with Gasteiger partial charge in [0.15, 0.2) is 11.8 Å². The number of benzene rings is 1. The first-order chi connectivity index (χ1) is 13.8. The maximum absolute atomic E-state index is 6.39. The number of hydrogen-bond acceptors (Lipinski definition) is 2. The van der Waals surface area contributed by atoms with Gasteiger partial charge < -0.3 is 4.42 Å². The Labute approximate surface area is 173 Å². The molecule has 0 amide bonds. The first-order valence-corrected chi connectivity index (χ1v) is 10.6. The summed E-state index contributed by atoms with van der Waals surface area (Å²) in [6.45, 7) is 13.2. The van der Waals surface area contributed by atoms with Crippen molar-refractivity contribution in [2.24, 2.45) is 13.0 Å². The zero-order valence-electron chi connectivity index (χ0n) is 18.6. The highest BCUT2D eigenvalue weighted by Crippen LogP contribution is 2.37. The van der Waals surface area contributed by atoms with E-state index in [1.54, 1.807) is 0 Å². The molecule has 3 heterocycles. The molecule has 4 aromatic rings. The highest BCUT2D eigenvalue weighted by atomic mass is 16.3. The summed E-state index contributed by atoms with van der Waals surface area (Å²) in [6, 6.07) is 11.0. The topological polar surface area (TPSA) is 29.9 Å². The second-order valence-corrected chi connectivity index (χ2v) is 9.06. The van der Waals surface area contributed by atoms with Gasteiger partial charge in [-0.15, -0.1) is 0 Å². The minimum Gasteiger partial charge on any atom is -0.437 e. The molecule has 0 N–H and O–H groups in total. The van der Waals surface area contributed by atoms with Crippen molar-refractivity contribution in [2.75, 3.05) is 0 Å². The summed E-state index contributed by atoms with van der Waals surface area (Å²) in [4.78, 5) is 4.80. The summed E-state index contributed by atoms with van der Waals surface area (Å²) in [5, 5.41) is 2.22. The van der Waals surface area contributed by atoms with Gasteiger partial charge in [0.1, 0.15) is 7.05 Å². The molecule has 0 saturated carbocycles. The van der Waals surface area contributed by atoms with Crippen LogP contribution in [0.4, 0.5) is 0 Å². The van der Waals surface area contributed by atoms with Crippen LogP contribution in [0.5, 0.6) is 0 Å². The Kier molecular flexibility index (Phi) is 4.94. The van der Waals surface area contributed by atoms with Crippen molar-refractivity contribution in [3.63, 3.8) is 0 Å². The Hall–Kier alpha value is -2.68. The zero-order valence-corrected chi connectivity index (χ0v) is 18.6. The Morgan fingerprint density at radius 2 is 1.69 bits per heavy atom. The van der Waals surface area contributed by atoms with Crippen LogP contribution in [-0.4, -0.2) is 4.98 Å². The molecule has 0 bridgehead atoms. The molecule has 29 heavy (non-hydrogen) atoms. The van der Waals surface area contributed by atoms with Crippen LogP contribution in [0.1, 0.15) is 56.0 Å². The van der Waals surface area contributed by atoms with E-state index in [0.717, 1.165) is 34.2 Å². The standard InChI is InChI=1S/C26H31N2O/c1-15(2)12-19-13-23(28(7)14-18(19)6)24-17(5)8-9-20-21-10-11-22(16(3)4)27-26(21)29-25(20)24/h8-11,13-16H,12H2,1-7H3/q+1. The Bertz CT molecular complexity index is 1210. The summed E-state index contributed by atoms with van der Waals surface area (Å²) in [5.74, 6) is 0.998. The molecule has 3 nitrogen and oxygen atoms in total. The third kappa shape index (κ3) is 3.43. The molecule has 3 heteroatoms. The van der Waals surface area contributed by atoms with Crippen molar-refractivity contribution in [1.29, 1.82) is 0 Å². The lowest BCUT2D eigenvalue weighted by atomic mass is 9.95. The number of pyridine rings is 2. The van der Waals surface area contributed by atoms with E-state index in [9.17, 15) is 0 Å². The molecule has 0 aliphatic heterocycles. The molecule has 0 unspecified atom stereocenters. The van der Waals surface area contributed by atoms with Gasteiger partial charge in [0.05, 0.1) is 5.56 Å². The zero-order chi connectivity index (χ0) is 20.9. The van der Waals surface area contributed by atoms with Crippen molar-refractivity contribution < 1.29 is 8.98 Å². The predicted octanol–water partition coefficient (Wildman–Crippen LogP) is 6.41. The summed E-state index contributed by atoms with van der Waals surface area (Å²) in [7, 11) is 2.12. The number of rotatable bonds is 4. The van der Waals surface area contributed by atoms with Crippen LogP contribution in [0.3, 0.4) is 0 Å². The number of fused-ring (bicyclic) bond motifs is 3. The van der Waals surface area contributed by atoms with Crippen molar-refractivity contribution in [2.45, 2.75) is 53.9 Å². The maximum atomic E-state index is 6.39. The van der Waals surface area contributed by atoms with E-state index in [1.165, 1.54) is 27.9 Å². The van der Waals surface area contributed by atoms with Crippen molar-refractivity contribution in [3.8, 4) is 11.3 Å². The maximum Gasteiger partial charge on any atom is 0.227 e. The lowest BCUT2D eigenvalue weighted by Crippen LogP contribution is -2.32. The average molecular weight is 388 g/mol. The molecule has 0 aliphatic rings. The van der Waals surface area contributed by atoms with E-state index < -0.39 is 0 Å². The minimum absolute atomic E-state index is 0.377. The molecule has 150 valence electrons. The lowest BCUT2D eigenvalue weighted by molar-refractivity contribution is -0.660. The highest BCUT2D eigenvalue weighted by Gasteiger charge is 2.23. The number of hydrogen-bond donors (Lipinski definition) is 0. The van der Waals surface area contributed by atoms with Crippen LogP contribution in [0.2, 0.25) is 0 Å². The molecule has 1 aromatic carbocycles. The van der Waals surface area contributed by atoms with Gasteiger partial charge in [0.25, 0.3) is 0 Å². The van der Waals surface area contributed by atoms with Gasteiger partial charge in [-0.3, -0.25) is 0 Å². The molecule has 0 aliphatic carbocycles. The number of aromatic nitrogens is 2. The van der Waals surface area contributed by atoms with Gasteiger partial charge in [-0.1, -0.05) is 39.8 Å². The van der Waals surface area contributed by atoms with Crippen molar-refractivity contribution >= 4 is 22.1 Å². The normalized spacial score (nSPS) is 12.0. The van der Waals surface area contributed by atoms with Crippen LogP contribution < -0.4 is 4.57 Å². The first-order valence-electron chi connectivity index (χ1n) is 10.6. The third-order valence-electron chi connectivity index (χ3n) is 5.80. The fourth-order valence-electron chi connectivity index (χ4n) is 4.21. The monoisotopic (exact) mass is 387 g/mol. The lowest BCUT2D eigenvalue weighted by Gasteiger charge is -2.11. The van der Waals surface area contributed by atoms with E-state index in [1.807, 2.05) is 0 Å². The summed E-state index contributed by atoms with van der Waals surface area (Å²) in [6.07, 6.45) is 3.32. The number of aryl methyl sites for hydroxylation is 3. The first kappa shape index (κ1) is 19.6. The predicted molar refractivity (Wildman–Crippen MR) is 120 cm³/mol. The van der Waals surface area contributed by atoms with Crippen LogP contribution in [0.25, 0.3) is 33.3 Å². The molecular weight excluding hydrogens is 356 g/mol. The van der Waals surface area contributed by atoms with Gasteiger partial charge in [-0.05, 0) is 55.4 Å². The summed E-state index contributed by atoms with van der Waals surface area (Å²) >= 11 is 0. The Balaban J connectivity index is 2.01. The molecule has 0 atom stereocenters. The molecular formula is C26H31N2O+. The van der Waals surface area contributed by atoms with E-state index in [0.29, 0.717) is 11.8 Å². The molecule has 0 fully saturated rings. The van der Waals surface area contributed by atoms with Crippen LogP contribution in [0.15, 0.2) is 40.9 Å². The second kappa shape index (κ2) is 7.29. The molecule has 0 saturated heterocycles. The van der Waals surface area contributed by atoms with Gasteiger partial charge in [-0.2, -0.15) is 0 Å². The molecule has 3 aromatic heterocycles. The molecule has 0 radical (unpaired) electrons. The Morgan fingerprint density at radius 1 is 0.966 bits per heavy atom. The van der Waals surface area contributed by atoms with Gasteiger partial charge in [0, 0.05) is 28.1 Å². The SMILES string of the molecule is Cc1c[n+](C)c(-c2c(C)ccc3c2oc2nc(C(C)C)ccc23)cc1CC(C)C. The quantitative estimate of drug-likeness (QED) is 0.379. The summed E-state index contributed by atoms with van der Waals surface area (Å²) in [5.41, 5.74) is 9.05. The van der Waals surface area contributed by atoms with Crippen LogP contribution >= 0.6 is 0 Å². The van der Waals surface area contributed by atoms with Gasteiger partial charge in [0.2, 0.25) is 11.4 Å². The minimum atomic E-state index is 0.377. The van der Waals surface area contributed by atoms with E-state index >= 15 is 0 Å². The van der Waals surface area contributed by atoms with E-state index in [4.69, 9.17) is 9.40 Å². The summed E-state index contributed by atoms with van der Waals surface area (Å²) < 4.78 is 8.61. The largest absolute Gasteiger partial charge is 0.437 e.